The summed E-state index contributed by atoms with van der Waals surface area (Å²) in [5.74, 6) is 0.173. The normalized spacial score (nSPS) is 15.1. The third kappa shape index (κ3) is 4.22. The number of anilines is 1. The Morgan fingerprint density at radius 2 is 2.04 bits per heavy atom. The van der Waals surface area contributed by atoms with Gasteiger partial charge in [0.25, 0.3) is 0 Å². The van der Waals surface area contributed by atoms with E-state index < -0.39 is 5.91 Å². The summed E-state index contributed by atoms with van der Waals surface area (Å²) in [6.45, 7) is 6.19. The maximum atomic E-state index is 12.1. The zero-order chi connectivity index (χ0) is 19.4. The van der Waals surface area contributed by atoms with Crippen molar-refractivity contribution in [3.63, 3.8) is 0 Å². The van der Waals surface area contributed by atoms with Gasteiger partial charge >= 0.3 is 11.9 Å². The molecular weight excluding hydrogens is 350 g/mol. The van der Waals surface area contributed by atoms with Gasteiger partial charge in [-0.15, -0.1) is 10.2 Å². The lowest BCUT2D eigenvalue weighted by Crippen LogP contribution is -2.34. The van der Waals surface area contributed by atoms with Crippen molar-refractivity contribution in [3.8, 4) is 5.75 Å². The Labute approximate surface area is 155 Å². The minimum Gasteiger partial charge on any atom is -0.493 e. The highest BCUT2D eigenvalue weighted by molar-refractivity contribution is 6.69. The van der Waals surface area contributed by atoms with E-state index in [4.69, 9.17) is 4.74 Å². The molecule has 10 nitrogen and oxygen atoms in total. The smallest absolute Gasteiger partial charge is 0.319 e. The van der Waals surface area contributed by atoms with Crippen LogP contribution in [0, 0.1) is 0 Å². The van der Waals surface area contributed by atoms with Crippen molar-refractivity contribution in [2.45, 2.75) is 33.2 Å². The van der Waals surface area contributed by atoms with Gasteiger partial charge in [-0.2, -0.15) is 4.99 Å². The average molecular weight is 369 g/mol. The first kappa shape index (κ1) is 18.4. The van der Waals surface area contributed by atoms with Crippen molar-refractivity contribution in [1.82, 2.24) is 5.32 Å². The van der Waals surface area contributed by atoms with E-state index in [1.807, 2.05) is 20.8 Å². The average Bonchev–Trinajstić information content (AvgIpc) is 3.09. The van der Waals surface area contributed by atoms with Crippen molar-refractivity contribution in [2.75, 3.05) is 11.9 Å². The number of ether oxygens (including phenoxy) is 1. The van der Waals surface area contributed by atoms with Gasteiger partial charge in [-0.3, -0.25) is 4.79 Å². The fourth-order valence-electron chi connectivity index (χ4n) is 2.36. The third-order valence-electron chi connectivity index (χ3n) is 3.48. The minimum absolute atomic E-state index is 0.00573. The number of fused-ring (bicyclic) bond motifs is 1. The van der Waals surface area contributed by atoms with Gasteiger partial charge in [0.2, 0.25) is 11.5 Å². The summed E-state index contributed by atoms with van der Waals surface area (Å²) in [4.78, 5) is 32.3. The molecule has 1 aromatic rings. The Balaban J connectivity index is 1.94. The maximum absolute atomic E-state index is 12.1. The number of carbonyl (C=O) groups excluding carboxylic acids is 2. The second kappa shape index (κ2) is 7.85. The van der Waals surface area contributed by atoms with Crippen LogP contribution in [-0.4, -0.2) is 42.0 Å². The zero-order valence-electron chi connectivity index (χ0n) is 15.2. The van der Waals surface area contributed by atoms with Crippen LogP contribution in [0.3, 0.4) is 0 Å². The molecule has 2 aliphatic rings. The molecule has 0 bridgehead atoms. The van der Waals surface area contributed by atoms with E-state index in [1.54, 1.807) is 18.2 Å². The molecule has 0 aromatic heterocycles. The molecule has 27 heavy (non-hydrogen) atoms. The monoisotopic (exact) mass is 369 g/mol. The van der Waals surface area contributed by atoms with Crippen molar-refractivity contribution >= 4 is 35.0 Å². The largest absolute Gasteiger partial charge is 0.493 e. The van der Waals surface area contributed by atoms with E-state index >= 15 is 0 Å². The molecule has 0 radical (unpaired) electrons. The first-order valence-corrected chi connectivity index (χ1v) is 8.53. The number of aliphatic imine (C=N–C) groups is 2. The number of nitrogens with one attached hydrogen (secondary N) is 2. The number of rotatable bonds is 6. The zero-order valence-corrected chi connectivity index (χ0v) is 15.2. The van der Waals surface area contributed by atoms with Gasteiger partial charge in [-0.1, -0.05) is 6.92 Å². The molecule has 2 aliphatic heterocycles. The molecule has 1 aromatic carbocycles. The predicted molar refractivity (Wildman–Crippen MR) is 101 cm³/mol. The molecule has 3 rings (SSSR count). The van der Waals surface area contributed by atoms with Gasteiger partial charge in [0.1, 0.15) is 5.75 Å². The highest BCUT2D eigenvalue weighted by atomic mass is 16.5. The van der Waals surface area contributed by atoms with Crippen LogP contribution in [0.4, 0.5) is 10.5 Å². The SMILES string of the molecule is CCCOc1ccc(NC(=O)NC(C)C)cc1C1=NC(=O)C2=NN=NC2=N1. The number of hydrogen-bond donors (Lipinski definition) is 2. The highest BCUT2D eigenvalue weighted by Gasteiger charge is 2.29. The summed E-state index contributed by atoms with van der Waals surface area (Å²) in [7, 11) is 0. The van der Waals surface area contributed by atoms with Crippen molar-refractivity contribution < 1.29 is 14.3 Å². The number of urea groups is 1. The van der Waals surface area contributed by atoms with Crippen LogP contribution in [0.5, 0.6) is 5.75 Å². The van der Waals surface area contributed by atoms with Crippen molar-refractivity contribution in [1.29, 1.82) is 0 Å². The molecule has 140 valence electrons. The molecule has 0 unspecified atom stereocenters. The Kier molecular flexibility index (Phi) is 5.34. The Bertz CT molecular complexity index is 900. The molecule has 0 spiro atoms. The summed E-state index contributed by atoms with van der Waals surface area (Å²) in [6.07, 6.45) is 0.807. The maximum Gasteiger partial charge on any atom is 0.319 e. The molecule has 3 amide bonds. The first-order valence-electron chi connectivity index (χ1n) is 8.53. The topological polar surface area (TPSA) is 129 Å². The lowest BCUT2D eigenvalue weighted by molar-refractivity contribution is -0.111. The molecule has 0 atom stereocenters. The Hall–Kier alpha value is -3.43. The molecule has 2 N–H and O–H groups in total. The second-order valence-electron chi connectivity index (χ2n) is 6.13. The number of benzene rings is 1. The lowest BCUT2D eigenvalue weighted by Gasteiger charge is -2.15. The number of carbonyl (C=O) groups is 2. The molecule has 0 saturated heterocycles. The summed E-state index contributed by atoms with van der Waals surface area (Å²) in [5, 5.41) is 16.3. The van der Waals surface area contributed by atoms with E-state index in [2.05, 4.69) is 36.1 Å². The van der Waals surface area contributed by atoms with E-state index in [9.17, 15) is 9.59 Å². The minimum atomic E-state index is -0.572. The number of hydrogen-bond acceptors (Lipinski definition) is 7. The van der Waals surface area contributed by atoms with Gasteiger partial charge in [-0.05, 0) is 43.7 Å². The second-order valence-corrected chi connectivity index (χ2v) is 6.13. The van der Waals surface area contributed by atoms with E-state index in [0.717, 1.165) is 6.42 Å². The number of amides is 3. The van der Waals surface area contributed by atoms with Crippen LogP contribution < -0.4 is 15.4 Å². The van der Waals surface area contributed by atoms with Crippen LogP contribution in [-0.2, 0) is 4.79 Å². The Morgan fingerprint density at radius 3 is 2.78 bits per heavy atom. The summed E-state index contributed by atoms with van der Waals surface area (Å²) < 4.78 is 5.74. The number of amidine groups is 2. The van der Waals surface area contributed by atoms with Gasteiger partial charge in [0.05, 0.1) is 12.2 Å². The van der Waals surface area contributed by atoms with E-state index in [1.165, 1.54) is 0 Å². The van der Waals surface area contributed by atoms with Gasteiger partial charge in [-0.25, -0.2) is 9.79 Å². The Morgan fingerprint density at radius 1 is 1.22 bits per heavy atom. The van der Waals surface area contributed by atoms with Crippen LogP contribution in [0.15, 0.2) is 43.6 Å². The third-order valence-corrected chi connectivity index (χ3v) is 3.48. The molecule has 0 aliphatic carbocycles. The fraction of sp³-hybridized carbons (Fsp3) is 0.353. The highest BCUT2D eigenvalue weighted by Crippen LogP contribution is 2.26. The molecule has 10 heteroatoms. The van der Waals surface area contributed by atoms with Gasteiger partial charge in [0.15, 0.2) is 5.84 Å². The number of nitrogens with zero attached hydrogens (tertiary/aromatic N) is 5. The van der Waals surface area contributed by atoms with Crippen LogP contribution in [0.1, 0.15) is 32.8 Å². The van der Waals surface area contributed by atoms with E-state index in [0.29, 0.717) is 23.6 Å². The summed E-state index contributed by atoms with van der Waals surface area (Å²) in [5.41, 5.74) is 0.989. The molecular formula is C17H19N7O3. The predicted octanol–water partition coefficient (Wildman–Crippen LogP) is 2.51. The quantitative estimate of drug-likeness (QED) is 0.799. The van der Waals surface area contributed by atoms with Gasteiger partial charge in [0, 0.05) is 11.7 Å². The van der Waals surface area contributed by atoms with Crippen molar-refractivity contribution in [2.24, 2.45) is 25.4 Å². The van der Waals surface area contributed by atoms with Crippen LogP contribution >= 0.6 is 0 Å². The molecule has 0 saturated carbocycles. The van der Waals surface area contributed by atoms with Gasteiger partial charge < -0.3 is 15.4 Å². The summed E-state index contributed by atoms with van der Waals surface area (Å²) >= 11 is 0. The first-order chi connectivity index (χ1) is 13.0. The standard InChI is InChI=1S/C17H19N7O3/c1-4-7-27-12-6-5-10(19-17(26)18-9(2)3)8-11(12)14-20-15-13(16(25)21-14)22-24-23-15/h5-6,8-9H,4,7H2,1-3H3,(H2,18,19,26). The van der Waals surface area contributed by atoms with Crippen LogP contribution in [0.2, 0.25) is 0 Å². The molecule has 0 fully saturated rings. The molecule has 2 heterocycles. The summed E-state index contributed by atoms with van der Waals surface area (Å²) in [6, 6.07) is 4.70. The van der Waals surface area contributed by atoms with E-state index in [-0.39, 0.29) is 29.5 Å². The van der Waals surface area contributed by atoms with Crippen LogP contribution in [0.25, 0.3) is 0 Å². The lowest BCUT2D eigenvalue weighted by atomic mass is 10.1. The fourth-order valence-corrected chi connectivity index (χ4v) is 2.36. The van der Waals surface area contributed by atoms with Crippen molar-refractivity contribution in [3.05, 3.63) is 23.8 Å².